The summed E-state index contributed by atoms with van der Waals surface area (Å²) in [5.74, 6) is -0.00446. The number of carbonyl (C=O) groups excluding carboxylic acids is 1. The quantitative estimate of drug-likeness (QED) is 0.466. The molecule has 4 N–H and O–H groups in total. The van der Waals surface area contributed by atoms with Gasteiger partial charge in [-0.05, 0) is 41.9 Å². The van der Waals surface area contributed by atoms with E-state index in [2.05, 4.69) is 75.6 Å². The number of benzene rings is 2. The fourth-order valence-electron chi connectivity index (χ4n) is 4.54. The number of aryl methyl sites for hydroxylation is 1. The Hall–Kier alpha value is -2.71. The van der Waals surface area contributed by atoms with Crippen LogP contribution in [0.3, 0.4) is 0 Å². The third-order valence-electron chi connectivity index (χ3n) is 6.41. The molecule has 33 heavy (non-hydrogen) atoms. The van der Waals surface area contributed by atoms with Gasteiger partial charge in [0.25, 0.3) is 5.91 Å². The Morgan fingerprint density at radius 1 is 1.09 bits per heavy atom. The molecule has 1 fully saturated rings. The van der Waals surface area contributed by atoms with Gasteiger partial charge in [0.05, 0.1) is 0 Å². The molecule has 7 nitrogen and oxygen atoms in total. The van der Waals surface area contributed by atoms with Crippen LogP contribution in [-0.2, 0) is 26.7 Å². The molecule has 0 saturated carbocycles. The lowest BCUT2D eigenvalue weighted by Crippen LogP contribution is -2.46. The average molecular weight is 449 g/mol. The maximum atomic E-state index is 12.8. The van der Waals surface area contributed by atoms with Crippen molar-refractivity contribution in [3.05, 3.63) is 70.9 Å². The van der Waals surface area contributed by atoms with Crippen molar-refractivity contribution in [2.75, 3.05) is 46.3 Å². The molecule has 1 saturated heterocycles. The van der Waals surface area contributed by atoms with Gasteiger partial charge in [0.2, 0.25) is 0 Å². The van der Waals surface area contributed by atoms with E-state index in [1.807, 2.05) is 12.1 Å². The lowest BCUT2D eigenvalue weighted by molar-refractivity contribution is 0.0947. The van der Waals surface area contributed by atoms with Crippen molar-refractivity contribution in [2.24, 2.45) is 12.8 Å². The van der Waals surface area contributed by atoms with E-state index < -0.39 is 0 Å². The molecular weight excluding hydrogens is 412 g/mol. The fourth-order valence-corrected chi connectivity index (χ4v) is 4.54. The Morgan fingerprint density at radius 3 is 2.55 bits per heavy atom. The fraction of sp³-hybridized carbons (Fsp3) is 0.423. The second-order valence-corrected chi connectivity index (χ2v) is 9.04. The summed E-state index contributed by atoms with van der Waals surface area (Å²) >= 11 is 0. The van der Waals surface area contributed by atoms with E-state index >= 15 is 0 Å². The van der Waals surface area contributed by atoms with Crippen LogP contribution >= 0.6 is 0 Å². The summed E-state index contributed by atoms with van der Waals surface area (Å²) in [7, 11) is 4.19. The molecule has 0 aliphatic carbocycles. The first kappa shape index (κ1) is 23.4. The smallest absolute Gasteiger partial charge is 0.251 e. The van der Waals surface area contributed by atoms with E-state index in [9.17, 15) is 4.79 Å². The predicted octanol–water partition coefficient (Wildman–Crippen LogP) is 1.90. The van der Waals surface area contributed by atoms with Crippen LogP contribution in [0.4, 0.5) is 0 Å². The lowest BCUT2D eigenvalue weighted by atomic mass is 10.1. The molecule has 3 aromatic rings. The molecule has 0 atom stereocenters. The highest BCUT2D eigenvalue weighted by molar-refractivity contribution is 5.99. The van der Waals surface area contributed by atoms with Crippen molar-refractivity contribution in [1.82, 2.24) is 25.0 Å². The van der Waals surface area contributed by atoms with Gasteiger partial charge in [-0.1, -0.05) is 24.3 Å². The number of piperazine rings is 1. The van der Waals surface area contributed by atoms with Gasteiger partial charge in [0.1, 0.15) is 0 Å². The molecule has 0 radical (unpaired) electrons. The first-order chi connectivity index (χ1) is 16.0. The van der Waals surface area contributed by atoms with Crippen molar-refractivity contribution in [1.29, 1.82) is 0 Å². The summed E-state index contributed by atoms with van der Waals surface area (Å²) in [6, 6.07) is 14.5. The third kappa shape index (κ3) is 6.00. The second-order valence-electron chi connectivity index (χ2n) is 9.04. The number of aromatic nitrogens is 1. The summed E-state index contributed by atoms with van der Waals surface area (Å²) in [6.45, 7) is 7.92. The number of nitrogens with one attached hydrogen (secondary N) is 2. The van der Waals surface area contributed by atoms with E-state index in [1.54, 1.807) is 0 Å². The van der Waals surface area contributed by atoms with Crippen LogP contribution in [0.15, 0.2) is 48.7 Å². The van der Waals surface area contributed by atoms with Gasteiger partial charge in [-0.15, -0.1) is 0 Å². The van der Waals surface area contributed by atoms with E-state index in [0.717, 1.165) is 67.8 Å². The lowest BCUT2D eigenvalue weighted by Gasteiger charge is -2.27. The SMILES string of the molecule is CN(Cc1ccc(CN)cc1)Cc1cn(C)c2ccc(C(=O)NCCN3CCNCC3)cc12. The zero-order chi connectivity index (χ0) is 23.2. The molecule has 1 aliphatic rings. The van der Waals surface area contributed by atoms with E-state index in [4.69, 9.17) is 5.73 Å². The minimum Gasteiger partial charge on any atom is -0.351 e. The van der Waals surface area contributed by atoms with Gasteiger partial charge in [0.15, 0.2) is 0 Å². The Balaban J connectivity index is 1.40. The van der Waals surface area contributed by atoms with Crippen molar-refractivity contribution in [3.8, 4) is 0 Å². The first-order valence-corrected chi connectivity index (χ1v) is 11.8. The second kappa shape index (κ2) is 10.9. The Labute approximate surface area is 196 Å². The van der Waals surface area contributed by atoms with E-state index in [1.165, 1.54) is 11.1 Å². The zero-order valence-corrected chi connectivity index (χ0v) is 19.8. The van der Waals surface area contributed by atoms with Crippen molar-refractivity contribution in [2.45, 2.75) is 19.6 Å². The number of hydrogen-bond acceptors (Lipinski definition) is 5. The van der Waals surface area contributed by atoms with E-state index in [0.29, 0.717) is 13.1 Å². The predicted molar refractivity (Wildman–Crippen MR) is 134 cm³/mol. The maximum Gasteiger partial charge on any atom is 0.251 e. The van der Waals surface area contributed by atoms with Crippen molar-refractivity contribution < 1.29 is 4.79 Å². The van der Waals surface area contributed by atoms with Gasteiger partial charge in [-0.2, -0.15) is 0 Å². The minimum atomic E-state index is -0.00446. The summed E-state index contributed by atoms with van der Waals surface area (Å²) in [5, 5.41) is 7.59. The average Bonchev–Trinajstić information content (AvgIpc) is 3.14. The van der Waals surface area contributed by atoms with Crippen LogP contribution < -0.4 is 16.4 Å². The summed E-state index contributed by atoms with van der Waals surface area (Å²) in [5.41, 5.74) is 11.2. The molecule has 1 aliphatic heterocycles. The Bertz CT molecular complexity index is 1070. The molecule has 4 rings (SSSR count). The Morgan fingerprint density at radius 2 is 1.82 bits per heavy atom. The zero-order valence-electron chi connectivity index (χ0n) is 19.8. The number of nitrogens with zero attached hydrogens (tertiary/aromatic N) is 3. The first-order valence-electron chi connectivity index (χ1n) is 11.8. The topological polar surface area (TPSA) is 78.6 Å². The van der Waals surface area contributed by atoms with Gasteiger partial charge in [-0.3, -0.25) is 14.6 Å². The number of rotatable bonds is 9. The molecule has 0 spiro atoms. The Kier molecular flexibility index (Phi) is 7.77. The van der Waals surface area contributed by atoms with Gasteiger partial charge in [-0.25, -0.2) is 0 Å². The number of nitrogens with two attached hydrogens (primary N) is 1. The largest absolute Gasteiger partial charge is 0.351 e. The molecule has 2 aromatic carbocycles. The summed E-state index contributed by atoms with van der Waals surface area (Å²) < 4.78 is 2.14. The molecule has 0 bridgehead atoms. The van der Waals surface area contributed by atoms with Gasteiger partial charge < -0.3 is 20.9 Å². The normalized spacial score (nSPS) is 14.8. The summed E-state index contributed by atoms with van der Waals surface area (Å²) in [6.07, 6.45) is 2.17. The van der Waals surface area contributed by atoms with Crippen LogP contribution in [0.5, 0.6) is 0 Å². The molecule has 1 amide bonds. The maximum absolute atomic E-state index is 12.8. The van der Waals surface area contributed by atoms with Crippen LogP contribution in [0, 0.1) is 0 Å². The van der Waals surface area contributed by atoms with Crippen molar-refractivity contribution in [3.63, 3.8) is 0 Å². The van der Waals surface area contributed by atoms with E-state index in [-0.39, 0.29) is 5.91 Å². The monoisotopic (exact) mass is 448 g/mol. The standard InChI is InChI=1S/C26H36N6O/c1-30(17-21-5-3-20(16-27)4-6-21)18-23-19-31(2)25-8-7-22(15-24(23)25)26(33)29-11-14-32-12-9-28-10-13-32/h3-8,15,19,28H,9-14,16-18,27H2,1-2H3,(H,29,33). The molecule has 1 aromatic heterocycles. The highest BCUT2D eigenvalue weighted by atomic mass is 16.1. The highest BCUT2D eigenvalue weighted by Crippen LogP contribution is 2.24. The van der Waals surface area contributed by atoms with Crippen LogP contribution in [0.1, 0.15) is 27.0 Å². The van der Waals surface area contributed by atoms with Crippen LogP contribution in [0.2, 0.25) is 0 Å². The molecule has 0 unspecified atom stereocenters. The third-order valence-corrected chi connectivity index (χ3v) is 6.41. The molecule has 176 valence electrons. The van der Waals surface area contributed by atoms with Crippen molar-refractivity contribution >= 4 is 16.8 Å². The minimum absolute atomic E-state index is 0.00446. The number of amides is 1. The summed E-state index contributed by atoms with van der Waals surface area (Å²) in [4.78, 5) is 17.5. The highest BCUT2D eigenvalue weighted by Gasteiger charge is 2.14. The number of fused-ring (bicyclic) bond motifs is 1. The van der Waals surface area contributed by atoms with Gasteiger partial charge in [0, 0.05) is 88.6 Å². The van der Waals surface area contributed by atoms with Gasteiger partial charge >= 0.3 is 0 Å². The van der Waals surface area contributed by atoms with Crippen LogP contribution in [-0.4, -0.2) is 66.6 Å². The molecule has 2 heterocycles. The number of hydrogen-bond donors (Lipinski definition) is 3. The van der Waals surface area contributed by atoms with Crippen LogP contribution in [0.25, 0.3) is 10.9 Å². The molecular formula is C26H36N6O. The number of carbonyl (C=O) groups is 1. The molecule has 7 heteroatoms.